The van der Waals surface area contributed by atoms with Gasteiger partial charge in [-0.3, -0.25) is 0 Å². The number of hydrogen-bond donors (Lipinski definition) is 0. The van der Waals surface area contributed by atoms with Crippen LogP contribution in [0.1, 0.15) is 60.3 Å². The molecule has 0 aliphatic heterocycles. The molecule has 0 aromatic carbocycles. The molecule has 0 heterocycles. The molecule has 102 valence electrons. The summed E-state index contributed by atoms with van der Waals surface area (Å²) in [6, 6.07) is 0. The van der Waals surface area contributed by atoms with Gasteiger partial charge in [0.2, 0.25) is 6.29 Å². The summed E-state index contributed by atoms with van der Waals surface area (Å²) in [4.78, 5) is 11.2. The molecule has 4 heteroatoms. The van der Waals surface area contributed by atoms with Crippen LogP contribution < -0.4 is 0 Å². The molecule has 0 aromatic heterocycles. The summed E-state index contributed by atoms with van der Waals surface area (Å²) in [5.41, 5.74) is -0.333. The summed E-state index contributed by atoms with van der Waals surface area (Å²) < 4.78 is 15.3. The van der Waals surface area contributed by atoms with E-state index in [2.05, 4.69) is 6.92 Å². The van der Waals surface area contributed by atoms with Gasteiger partial charge in [-0.15, -0.1) is 0 Å². The van der Waals surface area contributed by atoms with Gasteiger partial charge in [0.05, 0.1) is 12.2 Å². The highest BCUT2D eigenvalue weighted by atomic mass is 16.8. The van der Waals surface area contributed by atoms with Crippen LogP contribution >= 0.6 is 0 Å². The molecule has 0 saturated carbocycles. The van der Waals surface area contributed by atoms with Crippen molar-refractivity contribution in [2.24, 2.45) is 0 Å². The topological polar surface area (TPSA) is 44.8 Å². The van der Waals surface area contributed by atoms with Crippen molar-refractivity contribution in [3.63, 3.8) is 0 Å². The van der Waals surface area contributed by atoms with Crippen molar-refractivity contribution in [3.8, 4) is 0 Å². The molecule has 0 saturated heterocycles. The third-order valence-corrected chi connectivity index (χ3v) is 2.00. The van der Waals surface area contributed by atoms with Crippen molar-refractivity contribution >= 4 is 6.16 Å². The minimum Gasteiger partial charge on any atom is -0.434 e. The number of carbonyl (C=O) groups excluding carboxylic acids is 1. The first-order chi connectivity index (χ1) is 7.85. The number of hydrogen-bond acceptors (Lipinski definition) is 4. The summed E-state index contributed by atoms with van der Waals surface area (Å²) in [5.74, 6) is 0. The Morgan fingerprint density at radius 2 is 1.82 bits per heavy atom. The number of ether oxygens (including phenoxy) is 3. The second-order valence-corrected chi connectivity index (χ2v) is 5.07. The van der Waals surface area contributed by atoms with Crippen LogP contribution in [0.25, 0.3) is 0 Å². The van der Waals surface area contributed by atoms with Gasteiger partial charge in [0.15, 0.2) is 0 Å². The van der Waals surface area contributed by atoms with Crippen LogP contribution in [0.15, 0.2) is 0 Å². The Bertz CT molecular complexity index is 208. The van der Waals surface area contributed by atoms with Crippen molar-refractivity contribution in [2.75, 3.05) is 6.61 Å². The molecule has 0 aromatic rings. The summed E-state index contributed by atoms with van der Waals surface area (Å²) in [6.07, 6.45) is 3.06. The van der Waals surface area contributed by atoms with Crippen LogP contribution in [-0.2, 0) is 14.2 Å². The second kappa shape index (κ2) is 8.34. The molecule has 0 amide bonds. The van der Waals surface area contributed by atoms with E-state index in [0.29, 0.717) is 6.61 Å². The van der Waals surface area contributed by atoms with E-state index < -0.39 is 12.4 Å². The predicted molar refractivity (Wildman–Crippen MR) is 66.9 cm³/mol. The molecule has 0 aliphatic carbocycles. The maximum Gasteiger partial charge on any atom is 0.510 e. The molecule has 0 N–H and O–H groups in total. The molecule has 4 nitrogen and oxygen atoms in total. The molecular formula is C13H26O4. The Hall–Kier alpha value is -0.770. The molecule has 17 heavy (non-hydrogen) atoms. The zero-order chi connectivity index (χ0) is 13.3. The zero-order valence-corrected chi connectivity index (χ0v) is 11.7. The highest BCUT2D eigenvalue weighted by Gasteiger charge is 2.18. The number of rotatable bonds is 7. The summed E-state index contributed by atoms with van der Waals surface area (Å²) in [7, 11) is 0. The van der Waals surface area contributed by atoms with Crippen LogP contribution in [0.2, 0.25) is 0 Å². The molecule has 1 unspecified atom stereocenters. The monoisotopic (exact) mass is 246 g/mol. The Kier molecular flexibility index (Phi) is 7.96. The first-order valence-corrected chi connectivity index (χ1v) is 6.36. The Morgan fingerprint density at radius 1 is 1.18 bits per heavy atom. The standard InChI is InChI=1S/C13H26O4/c1-6-7-8-9-10-15-12(14)16-11(2)17-13(3,4)5/h11H,6-10H2,1-5H3. The summed E-state index contributed by atoms with van der Waals surface area (Å²) in [5, 5.41) is 0. The first kappa shape index (κ1) is 16.2. The average molecular weight is 246 g/mol. The van der Waals surface area contributed by atoms with Crippen molar-refractivity contribution in [2.45, 2.75) is 72.2 Å². The predicted octanol–water partition coefficient (Wildman–Crippen LogP) is 3.88. The summed E-state index contributed by atoms with van der Waals surface area (Å²) in [6.45, 7) is 9.96. The van der Waals surface area contributed by atoms with Gasteiger partial charge in [-0.25, -0.2) is 4.79 Å². The van der Waals surface area contributed by atoms with Gasteiger partial charge in [-0.1, -0.05) is 26.2 Å². The third kappa shape index (κ3) is 11.5. The normalized spacial score (nSPS) is 13.2. The van der Waals surface area contributed by atoms with E-state index in [1.807, 2.05) is 20.8 Å². The zero-order valence-electron chi connectivity index (χ0n) is 11.7. The largest absolute Gasteiger partial charge is 0.510 e. The average Bonchev–Trinajstić information content (AvgIpc) is 2.14. The van der Waals surface area contributed by atoms with Crippen LogP contribution in [0.5, 0.6) is 0 Å². The Balaban J connectivity index is 3.58. The van der Waals surface area contributed by atoms with Crippen molar-refractivity contribution in [1.82, 2.24) is 0 Å². The van der Waals surface area contributed by atoms with Gasteiger partial charge >= 0.3 is 6.16 Å². The lowest BCUT2D eigenvalue weighted by Gasteiger charge is -2.24. The second-order valence-electron chi connectivity index (χ2n) is 5.07. The van der Waals surface area contributed by atoms with Crippen molar-refractivity contribution in [1.29, 1.82) is 0 Å². The lowest BCUT2D eigenvalue weighted by atomic mass is 10.2. The third-order valence-electron chi connectivity index (χ3n) is 2.00. The fourth-order valence-corrected chi connectivity index (χ4v) is 1.38. The van der Waals surface area contributed by atoms with E-state index in [1.54, 1.807) is 6.92 Å². The van der Waals surface area contributed by atoms with Crippen LogP contribution in [0, 0.1) is 0 Å². The highest BCUT2D eigenvalue weighted by molar-refractivity contribution is 5.59. The fraction of sp³-hybridized carbons (Fsp3) is 0.923. The van der Waals surface area contributed by atoms with E-state index in [-0.39, 0.29) is 5.60 Å². The lowest BCUT2D eigenvalue weighted by Crippen LogP contribution is -2.29. The molecule has 0 spiro atoms. The fourth-order valence-electron chi connectivity index (χ4n) is 1.38. The molecule has 0 radical (unpaired) electrons. The van der Waals surface area contributed by atoms with E-state index >= 15 is 0 Å². The van der Waals surface area contributed by atoms with Crippen LogP contribution in [-0.4, -0.2) is 24.7 Å². The molecule has 1 atom stereocenters. The maximum atomic E-state index is 11.2. The minimum atomic E-state index is -0.654. The van der Waals surface area contributed by atoms with Crippen LogP contribution in [0.3, 0.4) is 0 Å². The summed E-state index contributed by atoms with van der Waals surface area (Å²) >= 11 is 0. The van der Waals surface area contributed by atoms with Crippen LogP contribution in [0.4, 0.5) is 4.79 Å². The lowest BCUT2D eigenvalue weighted by molar-refractivity contribution is -0.166. The Morgan fingerprint density at radius 3 is 2.35 bits per heavy atom. The minimum absolute atomic E-state index is 0.333. The smallest absolute Gasteiger partial charge is 0.434 e. The van der Waals surface area contributed by atoms with E-state index in [1.165, 1.54) is 12.8 Å². The van der Waals surface area contributed by atoms with E-state index in [0.717, 1.165) is 12.8 Å². The molecule has 0 rings (SSSR count). The van der Waals surface area contributed by atoms with Gasteiger partial charge in [-0.05, 0) is 34.1 Å². The molecule has 0 bridgehead atoms. The van der Waals surface area contributed by atoms with Gasteiger partial charge in [0.25, 0.3) is 0 Å². The maximum absolute atomic E-state index is 11.2. The van der Waals surface area contributed by atoms with Gasteiger partial charge in [-0.2, -0.15) is 0 Å². The molecular weight excluding hydrogens is 220 g/mol. The molecule has 0 fully saturated rings. The van der Waals surface area contributed by atoms with Crippen molar-refractivity contribution < 1.29 is 19.0 Å². The van der Waals surface area contributed by atoms with Gasteiger partial charge < -0.3 is 14.2 Å². The molecule has 0 aliphatic rings. The SMILES string of the molecule is CCCCCCOC(=O)OC(C)OC(C)(C)C. The van der Waals surface area contributed by atoms with Crippen molar-refractivity contribution in [3.05, 3.63) is 0 Å². The highest BCUT2D eigenvalue weighted by Crippen LogP contribution is 2.11. The van der Waals surface area contributed by atoms with Gasteiger partial charge in [0.1, 0.15) is 0 Å². The van der Waals surface area contributed by atoms with E-state index in [4.69, 9.17) is 14.2 Å². The van der Waals surface area contributed by atoms with E-state index in [9.17, 15) is 4.79 Å². The number of carbonyl (C=O) groups is 1. The number of unbranched alkanes of at least 4 members (excludes halogenated alkanes) is 3. The quantitative estimate of drug-likeness (QED) is 0.388. The first-order valence-electron chi connectivity index (χ1n) is 6.36. The van der Waals surface area contributed by atoms with Gasteiger partial charge in [0, 0.05) is 0 Å². The Labute approximate surface area is 105 Å².